The van der Waals surface area contributed by atoms with Crippen LogP contribution in [-0.2, 0) is 6.42 Å². The Bertz CT molecular complexity index is 715. The van der Waals surface area contributed by atoms with Gasteiger partial charge in [0.05, 0.1) is 13.2 Å². The van der Waals surface area contributed by atoms with Crippen LogP contribution < -0.4 is 20.1 Å². The van der Waals surface area contributed by atoms with Crippen LogP contribution in [0.15, 0.2) is 42.5 Å². The summed E-state index contributed by atoms with van der Waals surface area (Å²) in [6.45, 7) is 2.42. The Kier molecular flexibility index (Phi) is 4.37. The molecule has 2 N–H and O–H groups in total. The molecule has 2 amide bonds. The monoisotopic (exact) mass is 312 g/mol. The van der Waals surface area contributed by atoms with Crippen LogP contribution in [0.2, 0.25) is 0 Å². The van der Waals surface area contributed by atoms with Crippen molar-refractivity contribution in [3.63, 3.8) is 0 Å². The van der Waals surface area contributed by atoms with Crippen molar-refractivity contribution in [1.29, 1.82) is 0 Å². The summed E-state index contributed by atoms with van der Waals surface area (Å²) in [5.41, 5.74) is 2.87. The van der Waals surface area contributed by atoms with Crippen LogP contribution in [0.3, 0.4) is 0 Å². The molecule has 1 aliphatic rings. The molecule has 3 rings (SSSR count). The molecule has 120 valence electrons. The third-order valence-electron chi connectivity index (χ3n) is 3.90. The molecule has 0 bridgehead atoms. The maximum Gasteiger partial charge on any atom is 0.319 e. The minimum Gasteiger partial charge on any atom is -0.497 e. The SMILES string of the molecule is COc1ccc2c(c1)C[C@@H](NC(=O)Nc1ccccc1C)CO2. The number of benzene rings is 2. The van der Waals surface area contributed by atoms with Gasteiger partial charge in [-0.2, -0.15) is 0 Å². The Morgan fingerprint density at radius 2 is 2.09 bits per heavy atom. The van der Waals surface area contributed by atoms with Crippen molar-refractivity contribution in [3.05, 3.63) is 53.6 Å². The lowest BCUT2D eigenvalue weighted by Crippen LogP contribution is -2.44. The Morgan fingerprint density at radius 3 is 2.87 bits per heavy atom. The van der Waals surface area contributed by atoms with Crippen LogP contribution in [0.25, 0.3) is 0 Å². The van der Waals surface area contributed by atoms with Crippen molar-refractivity contribution in [2.24, 2.45) is 0 Å². The van der Waals surface area contributed by atoms with E-state index >= 15 is 0 Å². The molecule has 0 fully saturated rings. The van der Waals surface area contributed by atoms with Gasteiger partial charge >= 0.3 is 6.03 Å². The quantitative estimate of drug-likeness (QED) is 0.915. The number of nitrogens with one attached hydrogen (secondary N) is 2. The molecule has 1 heterocycles. The van der Waals surface area contributed by atoms with E-state index in [0.717, 1.165) is 28.3 Å². The maximum atomic E-state index is 12.2. The zero-order valence-corrected chi connectivity index (χ0v) is 13.3. The molecule has 2 aromatic rings. The van der Waals surface area contributed by atoms with Gasteiger partial charge in [0.2, 0.25) is 0 Å². The second-order valence-corrected chi connectivity index (χ2v) is 5.60. The minimum atomic E-state index is -0.223. The van der Waals surface area contributed by atoms with Crippen LogP contribution in [-0.4, -0.2) is 25.8 Å². The maximum absolute atomic E-state index is 12.2. The predicted octanol–water partition coefficient (Wildman–Crippen LogP) is 3.13. The number of amides is 2. The molecule has 0 saturated carbocycles. The molecule has 1 atom stereocenters. The second kappa shape index (κ2) is 6.60. The van der Waals surface area contributed by atoms with Crippen molar-refractivity contribution in [1.82, 2.24) is 5.32 Å². The van der Waals surface area contributed by atoms with E-state index in [-0.39, 0.29) is 12.1 Å². The standard InChI is InChI=1S/C18H20N2O3/c1-12-5-3-4-6-16(12)20-18(21)19-14-9-13-10-15(22-2)7-8-17(13)23-11-14/h3-8,10,14H,9,11H2,1-2H3,(H2,19,20,21)/t14-/m1/s1. The van der Waals surface area contributed by atoms with Crippen LogP contribution >= 0.6 is 0 Å². The van der Waals surface area contributed by atoms with Gasteiger partial charge in [-0.05, 0) is 48.7 Å². The first kappa shape index (κ1) is 15.2. The van der Waals surface area contributed by atoms with Crippen LogP contribution in [0.4, 0.5) is 10.5 Å². The van der Waals surface area contributed by atoms with Gasteiger partial charge in [0.1, 0.15) is 18.1 Å². The highest BCUT2D eigenvalue weighted by Crippen LogP contribution is 2.28. The number of fused-ring (bicyclic) bond motifs is 1. The summed E-state index contributed by atoms with van der Waals surface area (Å²) in [5, 5.41) is 5.83. The van der Waals surface area contributed by atoms with Crippen LogP contribution in [0.1, 0.15) is 11.1 Å². The molecular formula is C18H20N2O3. The fourth-order valence-corrected chi connectivity index (χ4v) is 2.65. The number of hydrogen-bond acceptors (Lipinski definition) is 3. The van der Waals surface area contributed by atoms with Gasteiger partial charge in [0.25, 0.3) is 0 Å². The van der Waals surface area contributed by atoms with Gasteiger partial charge in [0, 0.05) is 5.69 Å². The van der Waals surface area contributed by atoms with Gasteiger partial charge in [-0.1, -0.05) is 18.2 Å². The Labute approximate surface area is 135 Å². The van der Waals surface area contributed by atoms with E-state index < -0.39 is 0 Å². The Morgan fingerprint density at radius 1 is 1.26 bits per heavy atom. The number of ether oxygens (including phenoxy) is 2. The average molecular weight is 312 g/mol. The molecule has 5 nitrogen and oxygen atoms in total. The van der Waals surface area contributed by atoms with Gasteiger partial charge < -0.3 is 20.1 Å². The highest BCUT2D eigenvalue weighted by molar-refractivity contribution is 5.90. The molecule has 5 heteroatoms. The molecule has 0 radical (unpaired) electrons. The van der Waals surface area contributed by atoms with Crippen molar-refractivity contribution in [2.75, 3.05) is 19.0 Å². The molecule has 0 unspecified atom stereocenters. The number of urea groups is 1. The number of rotatable bonds is 3. The minimum absolute atomic E-state index is 0.0707. The number of aryl methyl sites for hydroxylation is 1. The topological polar surface area (TPSA) is 59.6 Å². The second-order valence-electron chi connectivity index (χ2n) is 5.60. The number of carbonyl (C=O) groups is 1. The molecule has 2 aromatic carbocycles. The highest BCUT2D eigenvalue weighted by atomic mass is 16.5. The summed E-state index contributed by atoms with van der Waals surface area (Å²) in [7, 11) is 1.64. The third kappa shape index (κ3) is 3.56. The van der Waals surface area contributed by atoms with E-state index in [9.17, 15) is 4.79 Å². The number of methoxy groups -OCH3 is 1. The molecule has 0 aliphatic carbocycles. The first-order chi connectivity index (χ1) is 11.2. The van der Waals surface area contributed by atoms with E-state index in [1.54, 1.807) is 7.11 Å². The summed E-state index contributed by atoms with van der Waals surface area (Å²) >= 11 is 0. The van der Waals surface area contributed by atoms with Gasteiger partial charge in [-0.3, -0.25) is 0 Å². The van der Waals surface area contributed by atoms with Crippen molar-refractivity contribution in [2.45, 2.75) is 19.4 Å². The lowest BCUT2D eigenvalue weighted by Gasteiger charge is -2.26. The summed E-state index contributed by atoms with van der Waals surface area (Å²) in [6.07, 6.45) is 0.716. The summed E-state index contributed by atoms with van der Waals surface area (Å²) < 4.78 is 10.9. The zero-order chi connectivity index (χ0) is 16.2. The molecule has 23 heavy (non-hydrogen) atoms. The summed E-state index contributed by atoms with van der Waals surface area (Å²) in [6, 6.07) is 13.1. The zero-order valence-electron chi connectivity index (χ0n) is 13.3. The normalized spacial score (nSPS) is 16.0. The van der Waals surface area contributed by atoms with Crippen molar-refractivity contribution >= 4 is 11.7 Å². The summed E-state index contributed by atoms with van der Waals surface area (Å²) in [5.74, 6) is 1.64. The number of carbonyl (C=O) groups excluding carboxylic acids is 1. The predicted molar refractivity (Wildman–Crippen MR) is 89.3 cm³/mol. The van der Waals surface area contributed by atoms with E-state index in [1.807, 2.05) is 49.4 Å². The highest BCUT2D eigenvalue weighted by Gasteiger charge is 2.22. The molecular weight excluding hydrogens is 292 g/mol. The fraction of sp³-hybridized carbons (Fsp3) is 0.278. The first-order valence-corrected chi connectivity index (χ1v) is 7.58. The largest absolute Gasteiger partial charge is 0.497 e. The molecule has 0 spiro atoms. The Balaban J connectivity index is 1.63. The lowest BCUT2D eigenvalue weighted by molar-refractivity contribution is 0.222. The number of anilines is 1. The lowest BCUT2D eigenvalue weighted by atomic mass is 10.0. The third-order valence-corrected chi connectivity index (χ3v) is 3.90. The van der Waals surface area contributed by atoms with E-state index in [1.165, 1.54) is 0 Å². The Hall–Kier alpha value is -2.69. The van der Waals surface area contributed by atoms with Gasteiger partial charge in [-0.25, -0.2) is 4.79 Å². The van der Waals surface area contributed by atoms with Gasteiger partial charge in [0.15, 0.2) is 0 Å². The van der Waals surface area contributed by atoms with Gasteiger partial charge in [-0.15, -0.1) is 0 Å². The summed E-state index contributed by atoms with van der Waals surface area (Å²) in [4.78, 5) is 12.2. The van der Waals surface area contributed by atoms with Crippen LogP contribution in [0, 0.1) is 6.92 Å². The van der Waals surface area contributed by atoms with Crippen molar-refractivity contribution < 1.29 is 14.3 Å². The van der Waals surface area contributed by atoms with Crippen LogP contribution in [0.5, 0.6) is 11.5 Å². The van der Waals surface area contributed by atoms with E-state index in [4.69, 9.17) is 9.47 Å². The first-order valence-electron chi connectivity index (χ1n) is 7.58. The fourth-order valence-electron chi connectivity index (χ4n) is 2.65. The molecule has 1 aliphatic heterocycles. The van der Waals surface area contributed by atoms with Crippen molar-refractivity contribution in [3.8, 4) is 11.5 Å². The molecule has 0 saturated heterocycles. The molecule has 0 aromatic heterocycles. The van der Waals surface area contributed by atoms with E-state index in [0.29, 0.717) is 13.0 Å². The smallest absolute Gasteiger partial charge is 0.319 e. The number of hydrogen-bond donors (Lipinski definition) is 2. The number of para-hydroxylation sites is 1. The average Bonchev–Trinajstić information content (AvgIpc) is 2.56. The van der Waals surface area contributed by atoms with E-state index in [2.05, 4.69) is 10.6 Å².